The molecule has 2 N–H and O–H groups in total. The Bertz CT molecular complexity index is 578. The molecule has 0 saturated heterocycles. The molecule has 0 aliphatic rings. The third-order valence-electron chi connectivity index (χ3n) is 2.47. The molecule has 1 heterocycles. The highest BCUT2D eigenvalue weighted by atomic mass is 15.3. The Kier molecular flexibility index (Phi) is 3.84. The van der Waals surface area contributed by atoms with Crippen LogP contribution in [0.15, 0.2) is 36.9 Å². The molecule has 0 spiro atoms. The van der Waals surface area contributed by atoms with E-state index < -0.39 is 0 Å². The van der Waals surface area contributed by atoms with Gasteiger partial charge in [-0.25, -0.2) is 9.67 Å². The van der Waals surface area contributed by atoms with Crippen molar-refractivity contribution in [2.45, 2.75) is 6.42 Å². The average molecular weight is 239 g/mol. The quantitative estimate of drug-likeness (QED) is 0.815. The van der Waals surface area contributed by atoms with Crippen LogP contribution in [-0.2, 0) is 6.42 Å². The van der Waals surface area contributed by atoms with E-state index in [0.29, 0.717) is 12.2 Å². The second-order valence-corrected chi connectivity index (χ2v) is 3.77. The Labute approximate surface area is 105 Å². The van der Waals surface area contributed by atoms with Gasteiger partial charge in [0.25, 0.3) is 0 Å². The van der Waals surface area contributed by atoms with Gasteiger partial charge in [-0.3, -0.25) is 0 Å². The fourth-order valence-corrected chi connectivity index (χ4v) is 1.65. The molecule has 5 heteroatoms. The molecule has 1 aromatic heterocycles. The Hall–Kier alpha value is -2.45. The number of allylic oxidation sites excluding steroid dienone is 1. The number of benzene rings is 1. The largest absolute Gasteiger partial charge is 0.330 e. The molecule has 0 bridgehead atoms. The number of aromatic nitrogens is 3. The Morgan fingerprint density at radius 1 is 1.50 bits per heavy atom. The number of rotatable bonds is 4. The average Bonchev–Trinajstić information content (AvgIpc) is 2.90. The van der Waals surface area contributed by atoms with Crippen molar-refractivity contribution in [1.29, 1.82) is 5.26 Å². The SMILES string of the molecule is N#C/C(=C/c1cccc(CCN)c1)n1cncn1. The molecule has 2 rings (SSSR count). The smallest absolute Gasteiger partial charge is 0.144 e. The summed E-state index contributed by atoms with van der Waals surface area (Å²) in [5.74, 6) is 0. The van der Waals surface area contributed by atoms with E-state index in [1.54, 1.807) is 6.08 Å². The third-order valence-corrected chi connectivity index (χ3v) is 2.47. The van der Waals surface area contributed by atoms with Crippen molar-refractivity contribution < 1.29 is 0 Å². The summed E-state index contributed by atoms with van der Waals surface area (Å²) in [7, 11) is 0. The maximum Gasteiger partial charge on any atom is 0.144 e. The minimum atomic E-state index is 0.428. The van der Waals surface area contributed by atoms with Crippen molar-refractivity contribution in [2.75, 3.05) is 6.54 Å². The lowest BCUT2D eigenvalue weighted by Gasteiger charge is -2.01. The van der Waals surface area contributed by atoms with Gasteiger partial charge in [0.05, 0.1) is 0 Å². The van der Waals surface area contributed by atoms with Gasteiger partial charge in [0.1, 0.15) is 24.4 Å². The van der Waals surface area contributed by atoms with Crippen LogP contribution in [0, 0.1) is 11.3 Å². The van der Waals surface area contributed by atoms with E-state index in [1.165, 1.54) is 17.3 Å². The van der Waals surface area contributed by atoms with Crippen LogP contribution < -0.4 is 5.73 Å². The van der Waals surface area contributed by atoms with E-state index in [1.807, 2.05) is 24.3 Å². The molecule has 0 atom stereocenters. The summed E-state index contributed by atoms with van der Waals surface area (Å²) in [4.78, 5) is 3.82. The van der Waals surface area contributed by atoms with Crippen molar-refractivity contribution in [2.24, 2.45) is 5.73 Å². The van der Waals surface area contributed by atoms with Gasteiger partial charge in [-0.05, 0) is 30.2 Å². The van der Waals surface area contributed by atoms with Crippen molar-refractivity contribution in [1.82, 2.24) is 14.8 Å². The normalized spacial score (nSPS) is 11.2. The summed E-state index contributed by atoms with van der Waals surface area (Å²) in [6, 6.07) is 10.0. The number of hydrogen-bond donors (Lipinski definition) is 1. The van der Waals surface area contributed by atoms with E-state index in [0.717, 1.165) is 17.5 Å². The number of nitrogens with zero attached hydrogens (tertiary/aromatic N) is 4. The zero-order chi connectivity index (χ0) is 12.8. The zero-order valence-electron chi connectivity index (χ0n) is 9.82. The number of nitriles is 1. The van der Waals surface area contributed by atoms with Gasteiger partial charge in [0.15, 0.2) is 0 Å². The molecule has 0 unspecified atom stereocenters. The summed E-state index contributed by atoms with van der Waals surface area (Å²) < 4.78 is 1.44. The van der Waals surface area contributed by atoms with Crippen LogP contribution >= 0.6 is 0 Å². The maximum atomic E-state index is 9.10. The third kappa shape index (κ3) is 2.81. The fraction of sp³-hybridized carbons (Fsp3) is 0.154. The van der Waals surface area contributed by atoms with Crippen LogP contribution in [-0.4, -0.2) is 21.3 Å². The van der Waals surface area contributed by atoms with Crippen LogP contribution in [0.2, 0.25) is 0 Å². The van der Waals surface area contributed by atoms with Gasteiger partial charge in [0, 0.05) is 0 Å². The van der Waals surface area contributed by atoms with Crippen LogP contribution in [0.3, 0.4) is 0 Å². The predicted molar refractivity (Wildman–Crippen MR) is 69.0 cm³/mol. The Morgan fingerprint density at radius 3 is 3.06 bits per heavy atom. The molecule has 18 heavy (non-hydrogen) atoms. The Balaban J connectivity index is 2.31. The molecule has 90 valence electrons. The fourth-order valence-electron chi connectivity index (χ4n) is 1.65. The van der Waals surface area contributed by atoms with E-state index >= 15 is 0 Å². The van der Waals surface area contributed by atoms with E-state index in [4.69, 9.17) is 11.0 Å². The Morgan fingerprint density at radius 2 is 2.39 bits per heavy atom. The topological polar surface area (TPSA) is 80.5 Å². The monoisotopic (exact) mass is 239 g/mol. The molecule has 0 radical (unpaired) electrons. The second kappa shape index (κ2) is 5.75. The lowest BCUT2D eigenvalue weighted by molar-refractivity contribution is 0.914. The highest BCUT2D eigenvalue weighted by molar-refractivity contribution is 5.78. The van der Waals surface area contributed by atoms with Gasteiger partial charge in [0.2, 0.25) is 0 Å². The summed E-state index contributed by atoms with van der Waals surface area (Å²) in [5.41, 5.74) is 8.06. The molecule has 0 fully saturated rings. The predicted octanol–water partition coefficient (Wildman–Crippen LogP) is 1.30. The van der Waals surface area contributed by atoms with Crippen molar-refractivity contribution in [3.05, 3.63) is 48.0 Å². The standard InChI is InChI=1S/C13H13N5/c14-5-4-11-2-1-3-12(6-11)7-13(8-15)18-10-16-9-17-18/h1-3,6-7,9-10H,4-5,14H2/b13-7-. The van der Waals surface area contributed by atoms with E-state index in [2.05, 4.69) is 16.2 Å². The molecule has 0 aliphatic heterocycles. The van der Waals surface area contributed by atoms with Gasteiger partial charge >= 0.3 is 0 Å². The lowest BCUT2D eigenvalue weighted by atomic mass is 10.1. The van der Waals surface area contributed by atoms with Gasteiger partial charge in [-0.2, -0.15) is 10.4 Å². The highest BCUT2D eigenvalue weighted by Crippen LogP contribution is 2.12. The summed E-state index contributed by atoms with van der Waals surface area (Å²) in [6.07, 6.45) is 5.50. The molecule has 5 nitrogen and oxygen atoms in total. The minimum absolute atomic E-state index is 0.428. The maximum absolute atomic E-state index is 9.10. The first-order valence-corrected chi connectivity index (χ1v) is 5.59. The first kappa shape index (κ1) is 12.0. The van der Waals surface area contributed by atoms with E-state index in [9.17, 15) is 0 Å². The molecule has 1 aromatic carbocycles. The van der Waals surface area contributed by atoms with Crippen LogP contribution in [0.5, 0.6) is 0 Å². The molecule has 0 saturated carbocycles. The van der Waals surface area contributed by atoms with E-state index in [-0.39, 0.29) is 0 Å². The molecule has 0 amide bonds. The lowest BCUT2D eigenvalue weighted by Crippen LogP contribution is -2.02. The zero-order valence-corrected chi connectivity index (χ0v) is 9.82. The molecular formula is C13H13N5. The van der Waals surface area contributed by atoms with Crippen LogP contribution in [0.1, 0.15) is 11.1 Å². The van der Waals surface area contributed by atoms with Gasteiger partial charge < -0.3 is 5.73 Å². The minimum Gasteiger partial charge on any atom is -0.330 e. The number of nitrogens with two attached hydrogens (primary N) is 1. The number of hydrogen-bond acceptors (Lipinski definition) is 4. The second-order valence-electron chi connectivity index (χ2n) is 3.77. The van der Waals surface area contributed by atoms with Crippen molar-refractivity contribution in [3.63, 3.8) is 0 Å². The first-order valence-electron chi connectivity index (χ1n) is 5.59. The van der Waals surface area contributed by atoms with Crippen molar-refractivity contribution >= 4 is 11.8 Å². The molecule has 0 aliphatic carbocycles. The van der Waals surface area contributed by atoms with Crippen LogP contribution in [0.25, 0.3) is 11.8 Å². The summed E-state index contributed by atoms with van der Waals surface area (Å²) >= 11 is 0. The molecule has 2 aromatic rings. The molecular weight excluding hydrogens is 226 g/mol. The summed E-state index contributed by atoms with van der Waals surface area (Å²) in [5, 5.41) is 13.0. The van der Waals surface area contributed by atoms with Crippen LogP contribution in [0.4, 0.5) is 0 Å². The summed E-state index contributed by atoms with van der Waals surface area (Å²) in [6.45, 7) is 0.612. The highest BCUT2D eigenvalue weighted by Gasteiger charge is 2.00. The van der Waals surface area contributed by atoms with Gasteiger partial charge in [-0.1, -0.05) is 24.3 Å². The van der Waals surface area contributed by atoms with Crippen molar-refractivity contribution in [3.8, 4) is 6.07 Å². The first-order chi connectivity index (χ1) is 8.83. The van der Waals surface area contributed by atoms with Gasteiger partial charge in [-0.15, -0.1) is 0 Å².